The molecule has 0 aromatic rings. The van der Waals surface area contributed by atoms with E-state index < -0.39 is 0 Å². The molecule has 1 heterocycles. The Hall–Kier alpha value is -0.570. The molecular weight excluding hydrogens is 200 g/mol. The maximum Gasteiger partial charge on any atom is 0.220 e. The molecule has 1 amide bonds. The zero-order chi connectivity index (χ0) is 11.4. The number of rotatable bonds is 5. The van der Waals surface area contributed by atoms with Gasteiger partial charge in [-0.3, -0.25) is 4.79 Å². The van der Waals surface area contributed by atoms with Crippen molar-refractivity contribution < 1.29 is 4.79 Å². The topological polar surface area (TPSA) is 41.1 Å². The van der Waals surface area contributed by atoms with E-state index in [4.69, 9.17) is 0 Å². The van der Waals surface area contributed by atoms with Crippen molar-refractivity contribution in [1.29, 1.82) is 0 Å². The van der Waals surface area contributed by atoms with Crippen molar-refractivity contribution in [3.05, 3.63) is 0 Å². The van der Waals surface area contributed by atoms with Gasteiger partial charge >= 0.3 is 0 Å². The van der Waals surface area contributed by atoms with E-state index in [9.17, 15) is 4.79 Å². The van der Waals surface area contributed by atoms with Crippen LogP contribution in [0.1, 0.15) is 45.4 Å². The van der Waals surface area contributed by atoms with Gasteiger partial charge in [-0.05, 0) is 56.5 Å². The molecule has 3 heteroatoms. The van der Waals surface area contributed by atoms with Crippen LogP contribution in [0.15, 0.2) is 0 Å². The highest BCUT2D eigenvalue weighted by Gasteiger charge is 2.40. The molecule has 0 aromatic carbocycles. The lowest BCUT2D eigenvalue weighted by molar-refractivity contribution is -0.122. The summed E-state index contributed by atoms with van der Waals surface area (Å²) >= 11 is 0. The van der Waals surface area contributed by atoms with Crippen LogP contribution in [0, 0.1) is 11.3 Å². The lowest BCUT2D eigenvalue weighted by Crippen LogP contribution is -2.36. The van der Waals surface area contributed by atoms with Gasteiger partial charge in [-0.15, -0.1) is 0 Å². The zero-order valence-electron chi connectivity index (χ0n) is 10.3. The van der Waals surface area contributed by atoms with Crippen LogP contribution in [-0.2, 0) is 4.79 Å². The molecule has 16 heavy (non-hydrogen) atoms. The highest BCUT2D eigenvalue weighted by molar-refractivity contribution is 5.76. The third-order valence-electron chi connectivity index (χ3n) is 4.24. The van der Waals surface area contributed by atoms with Gasteiger partial charge in [0.05, 0.1) is 0 Å². The molecule has 2 N–H and O–H groups in total. The van der Waals surface area contributed by atoms with Gasteiger partial charge in [0.2, 0.25) is 5.91 Å². The summed E-state index contributed by atoms with van der Waals surface area (Å²) in [6, 6.07) is 0. The van der Waals surface area contributed by atoms with Crippen molar-refractivity contribution in [3.63, 3.8) is 0 Å². The van der Waals surface area contributed by atoms with Gasteiger partial charge in [0.1, 0.15) is 0 Å². The van der Waals surface area contributed by atoms with E-state index in [2.05, 4.69) is 17.6 Å². The first-order valence-electron chi connectivity index (χ1n) is 6.71. The van der Waals surface area contributed by atoms with Crippen molar-refractivity contribution in [2.24, 2.45) is 11.3 Å². The van der Waals surface area contributed by atoms with Gasteiger partial charge in [-0.1, -0.05) is 6.92 Å². The molecule has 92 valence electrons. The molecule has 1 atom stereocenters. The largest absolute Gasteiger partial charge is 0.356 e. The second-order valence-corrected chi connectivity index (χ2v) is 5.55. The van der Waals surface area contributed by atoms with Gasteiger partial charge in [0, 0.05) is 13.0 Å². The lowest BCUT2D eigenvalue weighted by Gasteiger charge is -2.22. The maximum atomic E-state index is 11.8. The lowest BCUT2D eigenvalue weighted by atomic mass is 9.95. The number of nitrogens with one attached hydrogen (secondary N) is 2. The SMILES string of the molecule is CCC1(CNC(=O)CC2CCCNC2)CC1. The maximum absolute atomic E-state index is 11.8. The fourth-order valence-corrected chi connectivity index (χ4v) is 2.55. The van der Waals surface area contributed by atoms with Crippen molar-refractivity contribution in [2.45, 2.75) is 45.4 Å². The van der Waals surface area contributed by atoms with Crippen molar-refractivity contribution >= 4 is 5.91 Å². The molecule has 2 fully saturated rings. The standard InChI is InChI=1S/C13H24N2O/c1-2-13(5-6-13)10-15-12(16)8-11-4-3-7-14-9-11/h11,14H,2-10H2,1H3,(H,15,16). The van der Waals surface area contributed by atoms with Crippen LogP contribution in [0.5, 0.6) is 0 Å². The van der Waals surface area contributed by atoms with Gasteiger partial charge in [-0.2, -0.15) is 0 Å². The van der Waals surface area contributed by atoms with Crippen molar-refractivity contribution in [2.75, 3.05) is 19.6 Å². The second kappa shape index (κ2) is 5.17. The first kappa shape index (κ1) is 11.9. The van der Waals surface area contributed by atoms with Crippen molar-refractivity contribution in [1.82, 2.24) is 10.6 Å². The normalized spacial score (nSPS) is 27.4. The van der Waals surface area contributed by atoms with E-state index in [1.807, 2.05) is 0 Å². The van der Waals surface area contributed by atoms with E-state index in [-0.39, 0.29) is 5.91 Å². The Kier molecular flexibility index (Phi) is 3.85. The molecule has 1 aliphatic heterocycles. The highest BCUT2D eigenvalue weighted by atomic mass is 16.1. The zero-order valence-corrected chi connectivity index (χ0v) is 10.3. The van der Waals surface area contributed by atoms with E-state index >= 15 is 0 Å². The van der Waals surface area contributed by atoms with Crippen LogP contribution >= 0.6 is 0 Å². The first-order chi connectivity index (χ1) is 7.74. The molecular formula is C13H24N2O. The second-order valence-electron chi connectivity index (χ2n) is 5.55. The summed E-state index contributed by atoms with van der Waals surface area (Å²) in [5, 5.41) is 6.47. The molecule has 1 aliphatic carbocycles. The predicted molar refractivity (Wildman–Crippen MR) is 65.2 cm³/mol. The Morgan fingerprint density at radius 3 is 2.88 bits per heavy atom. The summed E-state index contributed by atoms with van der Waals surface area (Å²) in [7, 11) is 0. The monoisotopic (exact) mass is 224 g/mol. The molecule has 0 spiro atoms. The Morgan fingerprint density at radius 1 is 1.50 bits per heavy atom. The number of carbonyl (C=O) groups excluding carboxylic acids is 1. The van der Waals surface area contributed by atoms with E-state index in [1.54, 1.807) is 0 Å². The fourth-order valence-electron chi connectivity index (χ4n) is 2.55. The van der Waals surface area contributed by atoms with E-state index in [0.29, 0.717) is 17.8 Å². The first-order valence-corrected chi connectivity index (χ1v) is 6.71. The minimum absolute atomic E-state index is 0.258. The molecule has 0 bridgehead atoms. The third-order valence-corrected chi connectivity index (χ3v) is 4.24. The fraction of sp³-hybridized carbons (Fsp3) is 0.923. The molecule has 2 rings (SSSR count). The van der Waals surface area contributed by atoms with Crippen LogP contribution < -0.4 is 10.6 Å². The average molecular weight is 224 g/mol. The van der Waals surface area contributed by atoms with Gasteiger partial charge in [0.15, 0.2) is 0 Å². The van der Waals surface area contributed by atoms with Crippen molar-refractivity contribution in [3.8, 4) is 0 Å². The number of amides is 1. The third kappa shape index (κ3) is 3.21. The molecule has 0 radical (unpaired) electrons. The summed E-state index contributed by atoms with van der Waals surface area (Å²) < 4.78 is 0. The molecule has 0 aromatic heterocycles. The Balaban J connectivity index is 1.64. The quantitative estimate of drug-likeness (QED) is 0.746. The molecule has 1 unspecified atom stereocenters. The van der Waals surface area contributed by atoms with Crippen LogP contribution in [0.25, 0.3) is 0 Å². The van der Waals surface area contributed by atoms with Gasteiger partial charge in [-0.25, -0.2) is 0 Å². The van der Waals surface area contributed by atoms with Crippen LogP contribution in [0.3, 0.4) is 0 Å². The van der Waals surface area contributed by atoms with Crippen LogP contribution in [0.4, 0.5) is 0 Å². The average Bonchev–Trinajstić information content (AvgIpc) is 3.09. The number of hydrogen-bond acceptors (Lipinski definition) is 2. The molecule has 1 saturated carbocycles. The minimum Gasteiger partial charge on any atom is -0.356 e. The Morgan fingerprint density at radius 2 is 2.31 bits per heavy atom. The van der Waals surface area contributed by atoms with Gasteiger partial charge in [0.25, 0.3) is 0 Å². The van der Waals surface area contributed by atoms with Gasteiger partial charge < -0.3 is 10.6 Å². The summed E-state index contributed by atoms with van der Waals surface area (Å²) in [6.07, 6.45) is 6.95. The summed E-state index contributed by atoms with van der Waals surface area (Å²) in [6.45, 7) is 5.27. The highest BCUT2D eigenvalue weighted by Crippen LogP contribution is 2.47. The molecule has 2 aliphatic rings. The van der Waals surface area contributed by atoms with Crippen LogP contribution in [-0.4, -0.2) is 25.5 Å². The Labute approximate surface area is 98.4 Å². The summed E-state index contributed by atoms with van der Waals surface area (Å²) in [4.78, 5) is 11.8. The van der Waals surface area contributed by atoms with E-state index in [1.165, 1.54) is 32.1 Å². The summed E-state index contributed by atoms with van der Waals surface area (Å²) in [5.41, 5.74) is 0.473. The number of hydrogen-bond donors (Lipinski definition) is 2. The molecule has 3 nitrogen and oxygen atoms in total. The molecule has 1 saturated heterocycles. The number of carbonyl (C=O) groups is 1. The minimum atomic E-state index is 0.258. The smallest absolute Gasteiger partial charge is 0.220 e. The Bertz CT molecular complexity index is 242. The van der Waals surface area contributed by atoms with Crippen LogP contribution in [0.2, 0.25) is 0 Å². The summed E-state index contributed by atoms with van der Waals surface area (Å²) in [5.74, 6) is 0.818. The van der Waals surface area contributed by atoms with E-state index in [0.717, 1.165) is 19.6 Å². The predicted octanol–water partition coefficient (Wildman–Crippen LogP) is 1.68. The number of piperidine rings is 1.